The van der Waals surface area contributed by atoms with Gasteiger partial charge in [0.1, 0.15) is 11.0 Å². The summed E-state index contributed by atoms with van der Waals surface area (Å²) in [6, 6.07) is 8.99. The van der Waals surface area contributed by atoms with Gasteiger partial charge in [-0.2, -0.15) is 8.75 Å². The molecular weight excluding hydrogens is 352 g/mol. The van der Waals surface area contributed by atoms with Gasteiger partial charge in [-0.25, -0.2) is 0 Å². The highest BCUT2D eigenvalue weighted by atomic mass is 32.2. The first-order valence-corrected chi connectivity index (χ1v) is 10.7. The summed E-state index contributed by atoms with van der Waals surface area (Å²) in [7, 11) is 0. The monoisotopic (exact) mass is 372 g/mol. The number of allylic oxidation sites excluding steroid dienone is 2. The number of hydrogen-bond acceptors (Lipinski definition) is 5. The van der Waals surface area contributed by atoms with Crippen LogP contribution < -0.4 is 0 Å². The van der Waals surface area contributed by atoms with Gasteiger partial charge >= 0.3 is 0 Å². The van der Waals surface area contributed by atoms with Crippen molar-refractivity contribution in [2.24, 2.45) is 5.92 Å². The maximum absolute atomic E-state index is 4.65. The van der Waals surface area contributed by atoms with E-state index in [0.29, 0.717) is 17.1 Å². The average molecular weight is 373 g/mol. The molecule has 0 bridgehead atoms. The summed E-state index contributed by atoms with van der Waals surface area (Å²) >= 11 is 5.16. The van der Waals surface area contributed by atoms with Gasteiger partial charge in [0.05, 0.1) is 11.7 Å². The van der Waals surface area contributed by atoms with E-state index in [1.165, 1.54) is 37.5 Å². The van der Waals surface area contributed by atoms with Crippen LogP contribution in [0, 0.1) is 5.92 Å². The normalized spacial score (nSPS) is 21.0. The Hall–Kier alpha value is -1.17. The van der Waals surface area contributed by atoms with Crippen LogP contribution in [-0.4, -0.2) is 8.75 Å². The number of hydrogen-bond donors (Lipinski definition) is 0. The van der Waals surface area contributed by atoms with Gasteiger partial charge < -0.3 is 0 Å². The zero-order valence-electron chi connectivity index (χ0n) is 14.2. The number of fused-ring (bicyclic) bond motifs is 1. The first kappa shape index (κ1) is 16.3. The minimum Gasteiger partial charge on any atom is -0.173 e. The summed E-state index contributed by atoms with van der Waals surface area (Å²) in [6.07, 6.45) is 2.36. The van der Waals surface area contributed by atoms with Gasteiger partial charge in [-0.05, 0) is 41.4 Å². The predicted octanol–water partition coefficient (Wildman–Crippen LogP) is 6.87. The second kappa shape index (κ2) is 6.28. The zero-order chi connectivity index (χ0) is 16.8. The van der Waals surface area contributed by atoms with Gasteiger partial charge in [-0.15, -0.1) is 23.1 Å². The van der Waals surface area contributed by atoms with Crippen molar-refractivity contribution in [1.29, 1.82) is 0 Å². The highest BCUT2D eigenvalue weighted by Gasteiger charge is 2.28. The van der Waals surface area contributed by atoms with Crippen LogP contribution in [0.15, 0.2) is 35.2 Å². The topological polar surface area (TPSA) is 25.8 Å². The number of rotatable bonds is 3. The third-order valence-electron chi connectivity index (χ3n) is 4.50. The highest BCUT2D eigenvalue weighted by Crippen LogP contribution is 2.49. The summed E-state index contributed by atoms with van der Waals surface area (Å²) in [5.74, 6) is 1.11. The molecule has 5 heteroatoms. The molecule has 0 amide bonds. The molecule has 0 radical (unpaired) electrons. The number of nitrogens with zero attached hydrogens (tertiary/aromatic N) is 2. The fourth-order valence-corrected chi connectivity index (χ4v) is 6.19. The van der Waals surface area contributed by atoms with E-state index >= 15 is 0 Å². The second-order valence-corrected chi connectivity index (χ2v) is 9.73. The molecule has 0 aliphatic carbocycles. The van der Waals surface area contributed by atoms with E-state index in [-0.39, 0.29) is 0 Å². The number of benzene rings is 1. The smallest absolute Gasteiger partial charge is 0.113 e. The van der Waals surface area contributed by atoms with Crippen molar-refractivity contribution in [2.45, 2.75) is 38.9 Å². The Morgan fingerprint density at radius 1 is 1.04 bits per heavy atom. The van der Waals surface area contributed by atoms with Crippen molar-refractivity contribution in [3.63, 3.8) is 0 Å². The third-order valence-corrected chi connectivity index (χ3v) is 7.90. The molecule has 2 atom stereocenters. The Labute approximate surface area is 155 Å². The van der Waals surface area contributed by atoms with Crippen LogP contribution in [0.2, 0.25) is 0 Å². The van der Waals surface area contributed by atoms with Gasteiger partial charge in [0.2, 0.25) is 0 Å². The summed E-state index contributed by atoms with van der Waals surface area (Å²) in [5, 5.41) is 0.458. The Balaban J connectivity index is 1.80. The number of thiophene rings is 1. The molecule has 1 aliphatic heterocycles. The molecule has 2 aromatic heterocycles. The third kappa shape index (κ3) is 2.72. The van der Waals surface area contributed by atoms with Crippen molar-refractivity contribution in [2.75, 3.05) is 0 Å². The molecule has 0 fully saturated rings. The van der Waals surface area contributed by atoms with Crippen LogP contribution in [0.3, 0.4) is 0 Å². The average Bonchev–Trinajstić information content (AvgIpc) is 3.25. The van der Waals surface area contributed by atoms with Crippen molar-refractivity contribution in [3.8, 4) is 10.4 Å². The lowest BCUT2D eigenvalue weighted by molar-refractivity contribution is 0.721. The van der Waals surface area contributed by atoms with Gasteiger partial charge in [0.15, 0.2) is 0 Å². The highest BCUT2D eigenvalue weighted by molar-refractivity contribution is 8.03. The number of aromatic nitrogens is 2. The van der Waals surface area contributed by atoms with Crippen molar-refractivity contribution < 1.29 is 0 Å². The largest absolute Gasteiger partial charge is 0.173 e. The minimum atomic E-state index is 0.458. The fraction of sp³-hybridized carbons (Fsp3) is 0.368. The Bertz CT molecular complexity index is 920. The quantitative estimate of drug-likeness (QED) is 0.501. The van der Waals surface area contributed by atoms with Crippen molar-refractivity contribution in [1.82, 2.24) is 8.75 Å². The molecular formula is C19H20N2S3. The fourth-order valence-electron chi connectivity index (χ4n) is 3.27. The Morgan fingerprint density at radius 2 is 1.83 bits per heavy atom. The van der Waals surface area contributed by atoms with Crippen LogP contribution in [0.4, 0.5) is 0 Å². The molecule has 0 N–H and O–H groups in total. The lowest BCUT2D eigenvalue weighted by Crippen LogP contribution is -2.00. The molecule has 3 aromatic rings. The standard InChI is InChI=1S/C19H20N2S3/c1-10(2)15-7-8-16(23-15)13-5-6-14(18-17(13)20-24-21-18)19-11(3)9-12(4)22-19/h5-11,19H,1-4H3. The van der Waals surface area contributed by atoms with Crippen LogP contribution in [-0.2, 0) is 0 Å². The van der Waals surface area contributed by atoms with Crippen LogP contribution in [0.25, 0.3) is 21.5 Å². The van der Waals surface area contributed by atoms with E-state index < -0.39 is 0 Å². The molecule has 2 nitrogen and oxygen atoms in total. The van der Waals surface area contributed by atoms with E-state index in [1.807, 2.05) is 23.1 Å². The van der Waals surface area contributed by atoms with Gasteiger partial charge in [0.25, 0.3) is 0 Å². The zero-order valence-corrected chi connectivity index (χ0v) is 16.7. The molecule has 1 aliphatic rings. The Kier molecular flexibility index (Phi) is 4.27. The summed E-state index contributed by atoms with van der Waals surface area (Å²) in [5.41, 5.74) is 4.70. The maximum Gasteiger partial charge on any atom is 0.113 e. The summed E-state index contributed by atoms with van der Waals surface area (Å²) in [6.45, 7) is 8.98. The second-order valence-electron chi connectivity index (χ2n) is 6.70. The van der Waals surface area contributed by atoms with E-state index in [4.69, 9.17) is 0 Å². The molecule has 2 unspecified atom stereocenters. The first-order chi connectivity index (χ1) is 11.5. The Morgan fingerprint density at radius 3 is 2.50 bits per heavy atom. The molecule has 124 valence electrons. The van der Waals surface area contributed by atoms with E-state index in [9.17, 15) is 0 Å². The minimum absolute atomic E-state index is 0.458. The number of thioether (sulfide) groups is 1. The summed E-state index contributed by atoms with van der Waals surface area (Å²) in [4.78, 5) is 4.13. The SMILES string of the molecule is CC1=CC(C)C(c2ccc(-c3ccc(C(C)C)s3)c3nsnc23)S1. The van der Waals surface area contributed by atoms with Crippen LogP contribution in [0.1, 0.15) is 49.3 Å². The van der Waals surface area contributed by atoms with Gasteiger partial charge in [-0.1, -0.05) is 39.0 Å². The van der Waals surface area contributed by atoms with Gasteiger partial charge in [-0.3, -0.25) is 0 Å². The molecule has 0 saturated carbocycles. The molecule has 0 saturated heterocycles. The van der Waals surface area contributed by atoms with Crippen molar-refractivity contribution >= 4 is 45.9 Å². The molecule has 1 aromatic carbocycles. The predicted molar refractivity (Wildman–Crippen MR) is 108 cm³/mol. The van der Waals surface area contributed by atoms with E-state index in [1.54, 1.807) is 0 Å². The van der Waals surface area contributed by atoms with E-state index in [2.05, 4.69) is 66.8 Å². The molecule has 4 rings (SSSR count). The maximum atomic E-state index is 4.65. The van der Waals surface area contributed by atoms with E-state index in [0.717, 1.165) is 11.0 Å². The van der Waals surface area contributed by atoms with Crippen molar-refractivity contribution in [3.05, 3.63) is 45.7 Å². The lowest BCUT2D eigenvalue weighted by atomic mass is 9.97. The summed E-state index contributed by atoms with van der Waals surface area (Å²) < 4.78 is 9.29. The molecule has 24 heavy (non-hydrogen) atoms. The van der Waals surface area contributed by atoms with Crippen LogP contribution >= 0.6 is 34.8 Å². The molecule has 0 spiro atoms. The lowest BCUT2D eigenvalue weighted by Gasteiger charge is -2.16. The molecule has 3 heterocycles. The van der Waals surface area contributed by atoms with Gasteiger partial charge in [0, 0.05) is 20.6 Å². The van der Waals surface area contributed by atoms with Crippen LogP contribution in [0.5, 0.6) is 0 Å². The first-order valence-electron chi connectivity index (χ1n) is 8.25.